The number of aryl methyl sites for hydroxylation is 2. The summed E-state index contributed by atoms with van der Waals surface area (Å²) in [5.74, 6) is 3.35. The number of aromatic nitrogens is 5. The van der Waals surface area contributed by atoms with Crippen molar-refractivity contribution >= 4 is 5.96 Å². The van der Waals surface area contributed by atoms with Crippen molar-refractivity contribution in [1.29, 1.82) is 0 Å². The van der Waals surface area contributed by atoms with Crippen LogP contribution in [0.5, 0.6) is 0 Å². The van der Waals surface area contributed by atoms with Gasteiger partial charge in [-0.2, -0.15) is 5.10 Å². The molecule has 8 nitrogen and oxygen atoms in total. The van der Waals surface area contributed by atoms with Gasteiger partial charge in [-0.15, -0.1) is 10.2 Å². The van der Waals surface area contributed by atoms with Crippen LogP contribution in [0.1, 0.15) is 68.9 Å². The Hall–Kier alpha value is -2.38. The molecule has 154 valence electrons. The zero-order valence-electron chi connectivity index (χ0n) is 17.9. The summed E-state index contributed by atoms with van der Waals surface area (Å²) in [5, 5.41) is 16.8. The van der Waals surface area contributed by atoms with Gasteiger partial charge in [-0.25, -0.2) is 4.99 Å². The first kappa shape index (κ1) is 20.4. The summed E-state index contributed by atoms with van der Waals surface area (Å²) < 4.78 is 4.16. The van der Waals surface area contributed by atoms with Crippen molar-refractivity contribution in [1.82, 2.24) is 34.8 Å². The predicted molar refractivity (Wildman–Crippen MR) is 111 cm³/mol. The van der Waals surface area contributed by atoms with Crippen LogP contribution >= 0.6 is 0 Å². The number of guanidine groups is 1. The molecule has 2 aromatic heterocycles. The van der Waals surface area contributed by atoms with Crippen LogP contribution in [0.4, 0.5) is 0 Å². The fourth-order valence-corrected chi connectivity index (χ4v) is 3.77. The van der Waals surface area contributed by atoms with E-state index in [1.165, 1.54) is 24.8 Å². The minimum atomic E-state index is 0.399. The maximum absolute atomic E-state index is 4.85. The molecule has 0 atom stereocenters. The second-order valence-electron chi connectivity index (χ2n) is 7.89. The van der Waals surface area contributed by atoms with Crippen LogP contribution in [0.2, 0.25) is 0 Å². The van der Waals surface area contributed by atoms with Crippen LogP contribution in [0.15, 0.2) is 11.2 Å². The molecule has 0 saturated carbocycles. The van der Waals surface area contributed by atoms with E-state index < -0.39 is 0 Å². The molecule has 0 unspecified atom stereocenters. The van der Waals surface area contributed by atoms with Crippen molar-refractivity contribution in [2.75, 3.05) is 13.6 Å². The molecule has 8 heteroatoms. The first-order valence-electron chi connectivity index (χ1n) is 10.4. The Morgan fingerprint density at radius 1 is 1.29 bits per heavy atom. The summed E-state index contributed by atoms with van der Waals surface area (Å²) in [6, 6.07) is 0. The minimum Gasteiger partial charge on any atom is -0.357 e. The largest absolute Gasteiger partial charge is 0.357 e. The Balaban J connectivity index is 1.75. The van der Waals surface area contributed by atoms with Crippen molar-refractivity contribution in [3.05, 3.63) is 29.1 Å². The quantitative estimate of drug-likeness (QED) is 0.610. The molecule has 0 saturated heterocycles. The molecule has 1 N–H and O–H groups in total. The molecule has 1 aliphatic rings. The lowest BCUT2D eigenvalue weighted by Gasteiger charge is -2.22. The SMILES string of the molecule is CCNC(=NCc1nnc2n1CCCCC2)N(C)Cc1cn(C)nc1C(C)C. The van der Waals surface area contributed by atoms with Gasteiger partial charge in [0.1, 0.15) is 12.4 Å². The Bertz CT molecular complexity index is 801. The second-order valence-corrected chi connectivity index (χ2v) is 7.89. The van der Waals surface area contributed by atoms with Gasteiger partial charge in [0.25, 0.3) is 0 Å². The Morgan fingerprint density at radius 3 is 2.86 bits per heavy atom. The number of nitrogens with zero attached hydrogens (tertiary/aromatic N) is 7. The summed E-state index contributed by atoms with van der Waals surface area (Å²) in [6.07, 6.45) is 6.79. The van der Waals surface area contributed by atoms with Gasteiger partial charge in [0, 0.05) is 51.9 Å². The van der Waals surface area contributed by atoms with E-state index in [0.29, 0.717) is 12.5 Å². The smallest absolute Gasteiger partial charge is 0.194 e. The number of aliphatic imine (C=N–C) groups is 1. The summed E-state index contributed by atoms with van der Waals surface area (Å²) in [6.45, 7) is 9.60. The molecule has 0 bridgehead atoms. The van der Waals surface area contributed by atoms with Crippen molar-refractivity contribution < 1.29 is 0 Å². The number of hydrogen-bond donors (Lipinski definition) is 1. The van der Waals surface area contributed by atoms with Crippen LogP contribution < -0.4 is 5.32 Å². The van der Waals surface area contributed by atoms with E-state index in [2.05, 4.69) is 64.1 Å². The predicted octanol–water partition coefficient (Wildman–Crippen LogP) is 2.46. The highest BCUT2D eigenvalue weighted by Crippen LogP contribution is 2.19. The molecule has 0 spiro atoms. The molecule has 2 aromatic rings. The number of fused-ring (bicyclic) bond motifs is 1. The van der Waals surface area contributed by atoms with E-state index in [1.54, 1.807) is 0 Å². The van der Waals surface area contributed by atoms with Gasteiger partial charge in [-0.1, -0.05) is 20.3 Å². The molecular formula is C20H34N8. The highest BCUT2D eigenvalue weighted by atomic mass is 15.3. The van der Waals surface area contributed by atoms with E-state index in [9.17, 15) is 0 Å². The van der Waals surface area contributed by atoms with Gasteiger partial charge < -0.3 is 14.8 Å². The monoisotopic (exact) mass is 386 g/mol. The van der Waals surface area contributed by atoms with E-state index in [0.717, 1.165) is 49.4 Å². The fraction of sp³-hybridized carbons (Fsp3) is 0.700. The second kappa shape index (κ2) is 9.21. The molecule has 28 heavy (non-hydrogen) atoms. The molecule has 3 rings (SSSR count). The van der Waals surface area contributed by atoms with Crippen LogP contribution in [0.25, 0.3) is 0 Å². The Labute approximate surface area is 168 Å². The van der Waals surface area contributed by atoms with Crippen molar-refractivity contribution in [3.8, 4) is 0 Å². The van der Waals surface area contributed by atoms with Crippen molar-refractivity contribution in [2.24, 2.45) is 12.0 Å². The Kier molecular flexibility index (Phi) is 6.70. The van der Waals surface area contributed by atoms with Crippen LogP contribution in [0.3, 0.4) is 0 Å². The summed E-state index contributed by atoms with van der Waals surface area (Å²) in [5.41, 5.74) is 2.38. The zero-order valence-corrected chi connectivity index (χ0v) is 17.9. The first-order chi connectivity index (χ1) is 13.5. The lowest BCUT2D eigenvalue weighted by atomic mass is 10.1. The third-order valence-electron chi connectivity index (χ3n) is 5.14. The molecule has 0 aliphatic carbocycles. The molecule has 0 aromatic carbocycles. The standard InChI is InChI=1S/C20H34N8/c1-6-21-20(26(4)13-16-14-27(5)25-19(16)15(2)3)22-12-18-24-23-17-10-8-7-9-11-28(17)18/h14-15H,6-13H2,1-5H3,(H,21,22). The lowest BCUT2D eigenvalue weighted by Crippen LogP contribution is -2.38. The third kappa shape index (κ3) is 4.72. The Morgan fingerprint density at radius 2 is 2.11 bits per heavy atom. The highest BCUT2D eigenvalue weighted by Gasteiger charge is 2.17. The average molecular weight is 387 g/mol. The molecule has 0 fully saturated rings. The topological polar surface area (TPSA) is 76.2 Å². The highest BCUT2D eigenvalue weighted by molar-refractivity contribution is 5.79. The van der Waals surface area contributed by atoms with Crippen LogP contribution in [-0.2, 0) is 33.1 Å². The number of rotatable bonds is 6. The normalized spacial score (nSPS) is 14.9. The molecule has 3 heterocycles. The lowest BCUT2D eigenvalue weighted by molar-refractivity contribution is 0.472. The summed E-state index contributed by atoms with van der Waals surface area (Å²) in [4.78, 5) is 7.01. The molecule has 1 aliphatic heterocycles. The molecule has 0 amide bonds. The zero-order chi connectivity index (χ0) is 20.1. The van der Waals surface area contributed by atoms with E-state index in [1.807, 2.05) is 11.7 Å². The number of nitrogens with one attached hydrogen (secondary N) is 1. The number of hydrogen-bond acceptors (Lipinski definition) is 4. The van der Waals surface area contributed by atoms with Gasteiger partial charge in [-0.3, -0.25) is 4.68 Å². The van der Waals surface area contributed by atoms with E-state index >= 15 is 0 Å². The van der Waals surface area contributed by atoms with Gasteiger partial charge in [0.15, 0.2) is 11.8 Å². The fourth-order valence-electron chi connectivity index (χ4n) is 3.77. The average Bonchev–Trinajstić information content (AvgIpc) is 3.12. The summed E-state index contributed by atoms with van der Waals surface area (Å²) >= 11 is 0. The molecule has 0 radical (unpaired) electrons. The van der Waals surface area contributed by atoms with Gasteiger partial charge in [0.2, 0.25) is 0 Å². The van der Waals surface area contributed by atoms with Crippen molar-refractivity contribution in [3.63, 3.8) is 0 Å². The van der Waals surface area contributed by atoms with Crippen LogP contribution in [-0.4, -0.2) is 49.0 Å². The minimum absolute atomic E-state index is 0.399. The summed E-state index contributed by atoms with van der Waals surface area (Å²) in [7, 11) is 4.05. The van der Waals surface area contributed by atoms with Crippen molar-refractivity contribution in [2.45, 2.75) is 72.0 Å². The molecular weight excluding hydrogens is 352 g/mol. The van der Waals surface area contributed by atoms with Gasteiger partial charge in [-0.05, 0) is 25.7 Å². The van der Waals surface area contributed by atoms with E-state index in [4.69, 9.17) is 4.99 Å². The van der Waals surface area contributed by atoms with Gasteiger partial charge >= 0.3 is 0 Å². The third-order valence-corrected chi connectivity index (χ3v) is 5.14. The van der Waals surface area contributed by atoms with Crippen LogP contribution in [0, 0.1) is 0 Å². The maximum atomic E-state index is 4.85. The first-order valence-corrected chi connectivity index (χ1v) is 10.4. The van der Waals surface area contributed by atoms with E-state index in [-0.39, 0.29) is 0 Å². The van der Waals surface area contributed by atoms with Gasteiger partial charge in [0.05, 0.1) is 5.69 Å². The maximum Gasteiger partial charge on any atom is 0.194 e.